The summed E-state index contributed by atoms with van der Waals surface area (Å²) in [7, 11) is 0. The lowest BCUT2D eigenvalue weighted by atomic mass is 9.98. The van der Waals surface area contributed by atoms with Crippen LogP contribution in [0, 0.1) is 5.92 Å². The molecule has 1 aromatic heterocycles. The monoisotopic (exact) mass is 320 g/mol. The molecule has 0 radical (unpaired) electrons. The summed E-state index contributed by atoms with van der Waals surface area (Å²) in [5.41, 5.74) is 0. The Morgan fingerprint density at radius 2 is 2.21 bits per heavy atom. The SMILES string of the molecule is OCC1CCCN(c2nccc3c(Br)cccc23)C1. The predicted molar refractivity (Wildman–Crippen MR) is 81.5 cm³/mol. The summed E-state index contributed by atoms with van der Waals surface area (Å²) in [4.78, 5) is 6.87. The smallest absolute Gasteiger partial charge is 0.136 e. The van der Waals surface area contributed by atoms with E-state index in [-0.39, 0.29) is 6.61 Å². The number of aliphatic hydroxyl groups excluding tert-OH is 1. The molecular formula is C15H17BrN2O. The van der Waals surface area contributed by atoms with Crippen LogP contribution in [0.1, 0.15) is 12.8 Å². The lowest BCUT2D eigenvalue weighted by molar-refractivity contribution is 0.208. The number of pyridine rings is 1. The topological polar surface area (TPSA) is 36.4 Å². The van der Waals surface area contributed by atoms with E-state index in [4.69, 9.17) is 0 Å². The van der Waals surface area contributed by atoms with E-state index in [1.807, 2.05) is 18.3 Å². The molecular weight excluding hydrogens is 304 g/mol. The zero-order chi connectivity index (χ0) is 13.2. The van der Waals surface area contributed by atoms with Crippen LogP contribution >= 0.6 is 15.9 Å². The maximum absolute atomic E-state index is 9.36. The molecule has 19 heavy (non-hydrogen) atoms. The van der Waals surface area contributed by atoms with Crippen molar-refractivity contribution in [2.45, 2.75) is 12.8 Å². The minimum absolute atomic E-state index is 0.269. The third-order valence-electron chi connectivity index (χ3n) is 3.81. The van der Waals surface area contributed by atoms with Gasteiger partial charge >= 0.3 is 0 Å². The lowest BCUT2D eigenvalue weighted by Gasteiger charge is -2.33. The van der Waals surface area contributed by atoms with Crippen LogP contribution in [-0.2, 0) is 0 Å². The fraction of sp³-hybridized carbons (Fsp3) is 0.400. The minimum Gasteiger partial charge on any atom is -0.396 e. The van der Waals surface area contributed by atoms with Crippen molar-refractivity contribution < 1.29 is 5.11 Å². The van der Waals surface area contributed by atoms with Gasteiger partial charge in [-0.05, 0) is 30.9 Å². The molecule has 1 atom stereocenters. The Morgan fingerprint density at radius 3 is 3.05 bits per heavy atom. The molecule has 0 aliphatic carbocycles. The highest BCUT2D eigenvalue weighted by atomic mass is 79.9. The Hall–Kier alpha value is -1.13. The summed E-state index contributed by atoms with van der Waals surface area (Å²) in [6, 6.07) is 8.26. The molecule has 1 unspecified atom stereocenters. The van der Waals surface area contributed by atoms with Crippen molar-refractivity contribution in [1.82, 2.24) is 4.98 Å². The largest absolute Gasteiger partial charge is 0.396 e. The summed E-state index contributed by atoms with van der Waals surface area (Å²) in [5.74, 6) is 1.41. The fourth-order valence-electron chi connectivity index (χ4n) is 2.81. The number of fused-ring (bicyclic) bond motifs is 1. The van der Waals surface area contributed by atoms with E-state index >= 15 is 0 Å². The lowest BCUT2D eigenvalue weighted by Crippen LogP contribution is -2.37. The molecule has 1 aromatic carbocycles. The number of aromatic nitrogens is 1. The molecule has 1 fully saturated rings. The van der Waals surface area contributed by atoms with Gasteiger partial charge in [-0.1, -0.05) is 28.1 Å². The second kappa shape index (κ2) is 5.47. The number of hydrogen-bond donors (Lipinski definition) is 1. The van der Waals surface area contributed by atoms with E-state index < -0.39 is 0 Å². The number of nitrogens with zero attached hydrogens (tertiary/aromatic N) is 2. The predicted octanol–water partition coefficient (Wildman–Crippen LogP) is 3.21. The first kappa shape index (κ1) is 12.9. The zero-order valence-electron chi connectivity index (χ0n) is 10.7. The molecule has 4 heteroatoms. The van der Waals surface area contributed by atoms with Crippen LogP contribution in [0.5, 0.6) is 0 Å². The van der Waals surface area contributed by atoms with Crippen molar-refractivity contribution in [3.63, 3.8) is 0 Å². The number of aliphatic hydroxyl groups is 1. The van der Waals surface area contributed by atoms with Crippen molar-refractivity contribution in [3.8, 4) is 0 Å². The van der Waals surface area contributed by atoms with Crippen LogP contribution in [0.2, 0.25) is 0 Å². The highest BCUT2D eigenvalue weighted by Crippen LogP contribution is 2.31. The average molecular weight is 321 g/mol. The number of halogens is 1. The molecule has 0 saturated carbocycles. The van der Waals surface area contributed by atoms with Gasteiger partial charge in [0.25, 0.3) is 0 Å². The van der Waals surface area contributed by atoms with Crippen LogP contribution in [0.3, 0.4) is 0 Å². The van der Waals surface area contributed by atoms with Gasteiger partial charge in [-0.2, -0.15) is 0 Å². The second-order valence-corrected chi connectivity index (χ2v) is 5.96. The highest BCUT2D eigenvalue weighted by Gasteiger charge is 2.21. The molecule has 1 N–H and O–H groups in total. The minimum atomic E-state index is 0.269. The van der Waals surface area contributed by atoms with E-state index in [0.717, 1.165) is 36.2 Å². The molecule has 0 bridgehead atoms. The Morgan fingerprint density at radius 1 is 1.32 bits per heavy atom. The van der Waals surface area contributed by atoms with E-state index in [1.54, 1.807) is 0 Å². The molecule has 3 nitrogen and oxygen atoms in total. The van der Waals surface area contributed by atoms with Crippen LogP contribution < -0.4 is 4.90 Å². The summed E-state index contributed by atoms with van der Waals surface area (Å²) >= 11 is 3.59. The van der Waals surface area contributed by atoms with Gasteiger partial charge in [-0.3, -0.25) is 0 Å². The van der Waals surface area contributed by atoms with Crippen LogP contribution in [0.15, 0.2) is 34.9 Å². The molecule has 3 rings (SSSR count). The molecule has 0 spiro atoms. The number of piperidine rings is 1. The summed E-state index contributed by atoms with van der Waals surface area (Å²) in [5, 5.41) is 11.7. The first-order chi connectivity index (χ1) is 9.29. The van der Waals surface area contributed by atoms with Crippen LogP contribution in [0.4, 0.5) is 5.82 Å². The first-order valence-corrected chi connectivity index (χ1v) is 7.48. The summed E-state index contributed by atoms with van der Waals surface area (Å²) < 4.78 is 1.10. The summed E-state index contributed by atoms with van der Waals surface area (Å²) in [6.45, 7) is 2.19. The van der Waals surface area contributed by atoms with Gasteiger partial charge in [0.05, 0.1) is 0 Å². The maximum atomic E-state index is 9.36. The van der Waals surface area contributed by atoms with E-state index in [9.17, 15) is 5.11 Å². The number of rotatable bonds is 2. The molecule has 1 saturated heterocycles. The van der Waals surface area contributed by atoms with E-state index in [2.05, 4.69) is 37.9 Å². The molecule has 100 valence electrons. The Kier molecular flexibility index (Phi) is 3.71. The third kappa shape index (κ3) is 2.47. The van der Waals surface area contributed by atoms with E-state index in [0.29, 0.717) is 5.92 Å². The Labute approximate surface area is 121 Å². The van der Waals surface area contributed by atoms with E-state index in [1.165, 1.54) is 10.8 Å². The van der Waals surface area contributed by atoms with Crippen molar-refractivity contribution in [2.75, 3.05) is 24.6 Å². The molecule has 0 amide bonds. The molecule has 1 aliphatic heterocycles. The number of hydrogen-bond acceptors (Lipinski definition) is 3. The Balaban J connectivity index is 2.03. The quantitative estimate of drug-likeness (QED) is 0.923. The summed E-state index contributed by atoms with van der Waals surface area (Å²) in [6.07, 6.45) is 4.10. The van der Waals surface area contributed by atoms with Crippen molar-refractivity contribution in [1.29, 1.82) is 0 Å². The number of anilines is 1. The molecule has 2 heterocycles. The van der Waals surface area contributed by atoms with Gasteiger partial charge in [0, 0.05) is 41.1 Å². The molecule has 2 aromatic rings. The van der Waals surface area contributed by atoms with Gasteiger partial charge in [0.1, 0.15) is 5.82 Å². The fourth-order valence-corrected chi connectivity index (χ4v) is 3.31. The average Bonchev–Trinajstić information content (AvgIpc) is 2.47. The van der Waals surface area contributed by atoms with Crippen molar-refractivity contribution >= 4 is 32.5 Å². The van der Waals surface area contributed by atoms with Crippen molar-refractivity contribution in [3.05, 3.63) is 34.9 Å². The van der Waals surface area contributed by atoms with Gasteiger partial charge in [0.15, 0.2) is 0 Å². The van der Waals surface area contributed by atoms with Crippen LogP contribution in [-0.4, -0.2) is 29.8 Å². The number of benzene rings is 1. The van der Waals surface area contributed by atoms with Crippen molar-refractivity contribution in [2.24, 2.45) is 5.92 Å². The second-order valence-electron chi connectivity index (χ2n) is 5.11. The first-order valence-electron chi connectivity index (χ1n) is 6.68. The molecule has 1 aliphatic rings. The normalized spacial score (nSPS) is 19.9. The van der Waals surface area contributed by atoms with Crippen LogP contribution in [0.25, 0.3) is 10.8 Å². The zero-order valence-corrected chi connectivity index (χ0v) is 12.3. The van der Waals surface area contributed by atoms with Gasteiger partial charge in [0.2, 0.25) is 0 Å². The van der Waals surface area contributed by atoms with Gasteiger partial charge < -0.3 is 10.0 Å². The highest BCUT2D eigenvalue weighted by molar-refractivity contribution is 9.10. The Bertz CT molecular complexity index is 587. The van der Waals surface area contributed by atoms with Gasteiger partial charge in [-0.15, -0.1) is 0 Å². The maximum Gasteiger partial charge on any atom is 0.136 e. The standard InChI is InChI=1S/C15H17BrN2O/c16-14-5-1-4-13-12(14)6-7-17-15(13)18-8-2-3-11(9-18)10-19/h1,4-7,11,19H,2-3,8-10H2. The third-order valence-corrected chi connectivity index (χ3v) is 4.50. The van der Waals surface area contributed by atoms with Gasteiger partial charge in [-0.25, -0.2) is 4.98 Å².